The van der Waals surface area contributed by atoms with Crippen molar-refractivity contribution < 1.29 is 0 Å². The zero-order valence-electron chi connectivity index (χ0n) is 12.8. The van der Waals surface area contributed by atoms with Crippen molar-refractivity contribution in [2.24, 2.45) is 0 Å². The fraction of sp³-hybridized carbons (Fsp3) is 0.167. The van der Waals surface area contributed by atoms with Crippen LogP contribution in [0.4, 0.5) is 0 Å². The second kappa shape index (κ2) is 5.19. The largest absolute Gasteiger partial charge is 0.304 e. The van der Waals surface area contributed by atoms with Crippen LogP contribution in [-0.2, 0) is 0 Å². The molecule has 0 aromatic carbocycles. The van der Waals surface area contributed by atoms with Crippen molar-refractivity contribution in [2.75, 3.05) is 0 Å². The summed E-state index contributed by atoms with van der Waals surface area (Å²) in [6.45, 7) is 0. The highest BCUT2D eigenvalue weighted by molar-refractivity contribution is 5.45. The van der Waals surface area contributed by atoms with Crippen LogP contribution < -0.4 is 0 Å². The van der Waals surface area contributed by atoms with Gasteiger partial charge in [0, 0.05) is 48.8 Å². The van der Waals surface area contributed by atoms with Crippen molar-refractivity contribution in [1.82, 2.24) is 29.3 Å². The van der Waals surface area contributed by atoms with Crippen molar-refractivity contribution in [2.45, 2.75) is 18.3 Å². The normalized spacial score (nSPS) is 19.5. The van der Waals surface area contributed by atoms with Crippen LogP contribution in [0.2, 0.25) is 0 Å². The topological polar surface area (TPSA) is 68.9 Å². The van der Waals surface area contributed by atoms with Gasteiger partial charge in [0.25, 0.3) is 0 Å². The summed E-state index contributed by atoms with van der Waals surface area (Å²) in [5.74, 6) is 2.05. The lowest BCUT2D eigenvalue weighted by Gasteiger charge is -2.02. The van der Waals surface area contributed by atoms with Crippen molar-refractivity contribution >= 4 is 5.65 Å². The first-order valence-corrected chi connectivity index (χ1v) is 7.91. The van der Waals surface area contributed by atoms with Crippen LogP contribution in [0.3, 0.4) is 0 Å². The van der Waals surface area contributed by atoms with Gasteiger partial charge in [0.05, 0.1) is 0 Å². The van der Waals surface area contributed by atoms with Gasteiger partial charge in [-0.05, 0) is 36.1 Å². The Morgan fingerprint density at radius 3 is 2.42 bits per heavy atom. The maximum Gasteiger partial charge on any atom is 0.197 e. The van der Waals surface area contributed by atoms with E-state index in [2.05, 4.69) is 35.5 Å². The summed E-state index contributed by atoms with van der Waals surface area (Å²) < 4.78 is 2.16. The smallest absolute Gasteiger partial charge is 0.197 e. The molecule has 6 nitrogen and oxygen atoms in total. The minimum absolute atomic E-state index is 0.454. The van der Waals surface area contributed by atoms with E-state index in [9.17, 15) is 0 Å². The molecule has 116 valence electrons. The van der Waals surface area contributed by atoms with Gasteiger partial charge in [-0.1, -0.05) is 6.07 Å². The highest BCUT2D eigenvalue weighted by Gasteiger charge is 2.41. The Balaban J connectivity index is 1.41. The number of nitrogens with zero attached hydrogens (tertiary/aromatic N) is 6. The Hall–Kier alpha value is -3.15. The Morgan fingerprint density at radius 1 is 0.792 bits per heavy atom. The Morgan fingerprint density at radius 2 is 1.58 bits per heavy atom. The fourth-order valence-corrected chi connectivity index (χ4v) is 3.18. The van der Waals surface area contributed by atoms with Crippen LogP contribution in [-0.4, -0.2) is 29.3 Å². The first-order chi connectivity index (χ1) is 11.9. The van der Waals surface area contributed by atoms with Gasteiger partial charge < -0.3 is 4.40 Å². The monoisotopic (exact) mass is 314 g/mol. The molecule has 1 aliphatic rings. The Kier molecular flexibility index (Phi) is 2.88. The molecule has 0 aliphatic heterocycles. The number of hydrogen-bond donors (Lipinski definition) is 0. The van der Waals surface area contributed by atoms with Crippen LogP contribution in [0.5, 0.6) is 0 Å². The summed E-state index contributed by atoms with van der Waals surface area (Å²) in [6.07, 6.45) is 12.3. The highest BCUT2D eigenvalue weighted by Crippen LogP contribution is 2.54. The first-order valence-electron chi connectivity index (χ1n) is 7.91. The molecule has 1 aliphatic carbocycles. The van der Waals surface area contributed by atoms with Crippen LogP contribution in [0, 0.1) is 0 Å². The van der Waals surface area contributed by atoms with E-state index in [-0.39, 0.29) is 0 Å². The summed E-state index contributed by atoms with van der Waals surface area (Å²) in [4.78, 5) is 21.7. The molecule has 4 aromatic heterocycles. The SMILES string of the molecule is c1cnc(-c2ncc([C@@H]3C[C@H]3c3cnc4ccccn34)cn2)nc1. The lowest BCUT2D eigenvalue weighted by Crippen LogP contribution is -1.96. The lowest BCUT2D eigenvalue weighted by atomic mass is 10.1. The van der Waals surface area contributed by atoms with E-state index in [4.69, 9.17) is 0 Å². The highest BCUT2D eigenvalue weighted by atomic mass is 15.0. The fourth-order valence-electron chi connectivity index (χ4n) is 3.18. The van der Waals surface area contributed by atoms with E-state index in [0.717, 1.165) is 17.6 Å². The third-order valence-corrected chi connectivity index (χ3v) is 4.48. The summed E-state index contributed by atoms with van der Waals surface area (Å²) in [5.41, 5.74) is 3.41. The molecule has 1 saturated carbocycles. The molecule has 0 radical (unpaired) electrons. The number of fused-ring (bicyclic) bond motifs is 1. The summed E-state index contributed by atoms with van der Waals surface area (Å²) in [6, 6.07) is 7.85. The molecule has 0 N–H and O–H groups in total. The molecular weight excluding hydrogens is 300 g/mol. The van der Waals surface area contributed by atoms with E-state index in [1.165, 1.54) is 5.69 Å². The van der Waals surface area contributed by atoms with Gasteiger partial charge in [-0.25, -0.2) is 24.9 Å². The summed E-state index contributed by atoms with van der Waals surface area (Å²) in [5, 5.41) is 0. The molecule has 1 fully saturated rings. The lowest BCUT2D eigenvalue weighted by molar-refractivity contribution is 0.926. The van der Waals surface area contributed by atoms with Gasteiger partial charge in [0.15, 0.2) is 11.6 Å². The minimum atomic E-state index is 0.454. The number of pyridine rings is 1. The standard InChI is InChI=1S/C18H14N6/c1-2-7-24-15(11-21-16(24)4-1)14-8-13(14)12-9-22-18(23-10-12)17-19-5-3-6-20-17/h1-7,9-11,13-14H,8H2/t13-,14+/m0/s1. The number of hydrogen-bond acceptors (Lipinski definition) is 5. The molecule has 0 bridgehead atoms. The Bertz CT molecular complexity index is 993. The van der Waals surface area contributed by atoms with E-state index >= 15 is 0 Å². The van der Waals surface area contributed by atoms with Gasteiger partial charge in [-0.15, -0.1) is 0 Å². The van der Waals surface area contributed by atoms with Crippen molar-refractivity contribution in [3.05, 3.63) is 72.7 Å². The van der Waals surface area contributed by atoms with E-state index in [1.807, 2.05) is 36.8 Å². The maximum atomic E-state index is 4.48. The zero-order valence-corrected chi connectivity index (χ0v) is 12.8. The van der Waals surface area contributed by atoms with Crippen LogP contribution in [0.1, 0.15) is 29.5 Å². The first kappa shape index (κ1) is 13.3. The predicted octanol–water partition coefficient (Wildman–Crippen LogP) is 2.85. The molecule has 4 heterocycles. The van der Waals surface area contributed by atoms with Crippen molar-refractivity contribution in [1.29, 1.82) is 0 Å². The summed E-state index contributed by atoms with van der Waals surface area (Å²) in [7, 11) is 0. The number of aromatic nitrogens is 6. The van der Waals surface area contributed by atoms with Crippen LogP contribution in [0.15, 0.2) is 61.4 Å². The molecule has 0 unspecified atom stereocenters. The quantitative estimate of drug-likeness (QED) is 0.581. The average Bonchev–Trinajstić information content (AvgIpc) is 3.34. The van der Waals surface area contributed by atoms with Crippen LogP contribution in [0.25, 0.3) is 17.3 Å². The van der Waals surface area contributed by atoms with Gasteiger partial charge in [-0.2, -0.15) is 0 Å². The molecule has 5 rings (SSSR count). The summed E-state index contributed by atoms with van der Waals surface area (Å²) >= 11 is 0. The van der Waals surface area contributed by atoms with Crippen molar-refractivity contribution in [3.8, 4) is 11.6 Å². The zero-order chi connectivity index (χ0) is 15.9. The average molecular weight is 314 g/mol. The number of imidazole rings is 1. The van der Waals surface area contributed by atoms with E-state index in [1.54, 1.807) is 18.5 Å². The molecule has 0 spiro atoms. The number of rotatable bonds is 3. The van der Waals surface area contributed by atoms with Gasteiger partial charge in [0.1, 0.15) is 5.65 Å². The molecule has 0 amide bonds. The second-order valence-corrected chi connectivity index (χ2v) is 5.97. The third-order valence-electron chi connectivity index (χ3n) is 4.48. The third kappa shape index (κ3) is 2.15. The minimum Gasteiger partial charge on any atom is -0.304 e. The molecule has 6 heteroatoms. The van der Waals surface area contributed by atoms with Gasteiger partial charge in [0.2, 0.25) is 0 Å². The maximum absolute atomic E-state index is 4.48. The molecule has 24 heavy (non-hydrogen) atoms. The molecular formula is C18H14N6. The van der Waals surface area contributed by atoms with Crippen molar-refractivity contribution in [3.63, 3.8) is 0 Å². The second-order valence-electron chi connectivity index (χ2n) is 5.97. The molecule has 4 aromatic rings. The molecule has 0 saturated heterocycles. The van der Waals surface area contributed by atoms with E-state index < -0.39 is 0 Å². The molecule has 2 atom stereocenters. The van der Waals surface area contributed by atoms with Crippen LogP contribution >= 0.6 is 0 Å². The van der Waals surface area contributed by atoms with E-state index in [0.29, 0.717) is 23.5 Å². The Labute approximate surface area is 138 Å². The van der Waals surface area contributed by atoms with Gasteiger partial charge >= 0.3 is 0 Å². The predicted molar refractivity (Wildman–Crippen MR) is 88.3 cm³/mol. The van der Waals surface area contributed by atoms with Gasteiger partial charge in [-0.3, -0.25) is 0 Å².